The molecule has 6 heteroatoms. The van der Waals surface area contributed by atoms with Crippen LogP contribution in [0.3, 0.4) is 0 Å². The SMILES string of the molecule is C=CCN(c1ccc(C(=O)Nc2c(C)cccc2CC)cc1)S(=O)(=O)c1ccccc1. The number of hydrogen-bond acceptors (Lipinski definition) is 3. The van der Waals surface area contributed by atoms with E-state index in [1.165, 1.54) is 10.4 Å². The number of aryl methyl sites for hydroxylation is 2. The summed E-state index contributed by atoms with van der Waals surface area (Å²) in [6, 6.07) is 20.7. The van der Waals surface area contributed by atoms with E-state index >= 15 is 0 Å². The maximum Gasteiger partial charge on any atom is 0.264 e. The molecule has 160 valence electrons. The Hall–Kier alpha value is -3.38. The number of carbonyl (C=O) groups is 1. The van der Waals surface area contributed by atoms with E-state index in [0.717, 1.165) is 23.2 Å². The average molecular weight is 435 g/mol. The van der Waals surface area contributed by atoms with Crippen LogP contribution >= 0.6 is 0 Å². The highest BCUT2D eigenvalue weighted by atomic mass is 32.2. The molecule has 0 aliphatic heterocycles. The fourth-order valence-electron chi connectivity index (χ4n) is 3.35. The zero-order valence-corrected chi connectivity index (χ0v) is 18.5. The lowest BCUT2D eigenvalue weighted by atomic mass is 10.1. The van der Waals surface area contributed by atoms with Crippen LogP contribution in [0.1, 0.15) is 28.4 Å². The Labute approximate surface area is 184 Å². The molecule has 1 amide bonds. The van der Waals surface area contributed by atoms with Gasteiger partial charge in [-0.05, 0) is 60.9 Å². The van der Waals surface area contributed by atoms with Crippen LogP contribution in [0.2, 0.25) is 0 Å². The highest BCUT2D eigenvalue weighted by Gasteiger charge is 2.24. The quantitative estimate of drug-likeness (QED) is 0.496. The van der Waals surface area contributed by atoms with Crippen molar-refractivity contribution in [2.24, 2.45) is 0 Å². The second-order valence-corrected chi connectivity index (χ2v) is 8.96. The topological polar surface area (TPSA) is 66.5 Å². The van der Waals surface area contributed by atoms with Gasteiger partial charge in [0.2, 0.25) is 0 Å². The number of nitrogens with one attached hydrogen (secondary N) is 1. The highest BCUT2D eigenvalue weighted by Crippen LogP contribution is 2.25. The van der Waals surface area contributed by atoms with Crippen molar-refractivity contribution in [2.75, 3.05) is 16.2 Å². The van der Waals surface area contributed by atoms with Crippen molar-refractivity contribution in [3.05, 3.63) is 102 Å². The lowest BCUT2D eigenvalue weighted by Gasteiger charge is -2.23. The van der Waals surface area contributed by atoms with Gasteiger partial charge in [0.1, 0.15) is 0 Å². The fraction of sp³-hybridized carbons (Fsp3) is 0.160. The number of hydrogen-bond donors (Lipinski definition) is 1. The van der Waals surface area contributed by atoms with Crippen LogP contribution in [0.4, 0.5) is 11.4 Å². The first kappa shape index (κ1) is 22.3. The molecule has 3 rings (SSSR count). The first-order chi connectivity index (χ1) is 14.9. The second-order valence-electron chi connectivity index (χ2n) is 7.10. The zero-order valence-electron chi connectivity index (χ0n) is 17.7. The smallest absolute Gasteiger partial charge is 0.264 e. The van der Waals surface area contributed by atoms with E-state index in [-0.39, 0.29) is 17.3 Å². The van der Waals surface area contributed by atoms with E-state index in [2.05, 4.69) is 11.9 Å². The molecule has 0 aliphatic carbocycles. The number of carbonyl (C=O) groups excluding carboxylic acids is 1. The number of para-hydroxylation sites is 1. The first-order valence-corrected chi connectivity index (χ1v) is 11.5. The molecule has 0 radical (unpaired) electrons. The predicted molar refractivity (Wildman–Crippen MR) is 126 cm³/mol. The van der Waals surface area contributed by atoms with Crippen LogP contribution < -0.4 is 9.62 Å². The summed E-state index contributed by atoms with van der Waals surface area (Å²) in [5, 5.41) is 2.99. The first-order valence-electron chi connectivity index (χ1n) is 10.1. The molecule has 0 fully saturated rings. The molecule has 0 saturated carbocycles. The van der Waals surface area contributed by atoms with Gasteiger partial charge in [0.05, 0.1) is 17.1 Å². The monoisotopic (exact) mass is 434 g/mol. The van der Waals surface area contributed by atoms with Gasteiger partial charge in [-0.2, -0.15) is 0 Å². The maximum absolute atomic E-state index is 13.1. The molecule has 5 nitrogen and oxygen atoms in total. The van der Waals surface area contributed by atoms with Gasteiger partial charge in [0.15, 0.2) is 0 Å². The molecule has 0 unspecified atom stereocenters. The molecule has 3 aromatic rings. The summed E-state index contributed by atoms with van der Waals surface area (Å²) in [7, 11) is -3.75. The standard InChI is InChI=1S/C25H26N2O3S/c1-4-18-27(31(29,30)23-12-7-6-8-13-23)22-16-14-21(15-17-22)25(28)26-24-19(3)10-9-11-20(24)5-2/h4,6-17H,1,5,18H2,2-3H3,(H,26,28). The minimum absolute atomic E-state index is 0.117. The van der Waals surface area contributed by atoms with Crippen molar-refractivity contribution in [2.45, 2.75) is 25.2 Å². The Balaban J connectivity index is 1.87. The van der Waals surface area contributed by atoms with Gasteiger partial charge in [0, 0.05) is 11.3 Å². The Morgan fingerprint density at radius 3 is 2.29 bits per heavy atom. The largest absolute Gasteiger partial charge is 0.321 e. The van der Waals surface area contributed by atoms with E-state index in [4.69, 9.17) is 0 Å². The zero-order chi connectivity index (χ0) is 22.4. The van der Waals surface area contributed by atoms with E-state index in [0.29, 0.717) is 11.3 Å². The molecular formula is C25H26N2O3S. The molecule has 1 N–H and O–H groups in total. The molecule has 0 spiro atoms. The van der Waals surface area contributed by atoms with Gasteiger partial charge in [0.25, 0.3) is 15.9 Å². The Bertz CT molecular complexity index is 1170. The van der Waals surface area contributed by atoms with Crippen LogP contribution in [-0.4, -0.2) is 20.9 Å². The second kappa shape index (κ2) is 9.62. The minimum Gasteiger partial charge on any atom is -0.321 e. The van der Waals surface area contributed by atoms with Crippen molar-refractivity contribution >= 4 is 27.3 Å². The molecule has 0 heterocycles. The molecule has 0 saturated heterocycles. The van der Waals surface area contributed by atoms with Gasteiger partial charge in [-0.25, -0.2) is 8.42 Å². The summed E-state index contributed by atoms with van der Waals surface area (Å²) in [6.45, 7) is 7.80. The fourth-order valence-corrected chi connectivity index (χ4v) is 4.80. The lowest BCUT2D eigenvalue weighted by Crippen LogP contribution is -2.31. The summed E-state index contributed by atoms with van der Waals surface area (Å²) < 4.78 is 27.5. The van der Waals surface area contributed by atoms with Crippen LogP contribution in [0, 0.1) is 6.92 Å². The maximum atomic E-state index is 13.1. The number of amides is 1. The molecule has 0 bridgehead atoms. The third-order valence-corrected chi connectivity index (χ3v) is 6.83. The molecule has 0 aliphatic rings. The minimum atomic E-state index is -3.75. The Morgan fingerprint density at radius 1 is 1.00 bits per heavy atom. The Morgan fingerprint density at radius 2 is 1.68 bits per heavy atom. The highest BCUT2D eigenvalue weighted by molar-refractivity contribution is 7.92. The summed E-state index contributed by atoms with van der Waals surface area (Å²) in [6.07, 6.45) is 2.34. The van der Waals surface area contributed by atoms with Gasteiger partial charge in [-0.15, -0.1) is 6.58 Å². The van der Waals surface area contributed by atoms with Gasteiger partial charge in [-0.3, -0.25) is 9.10 Å². The van der Waals surface area contributed by atoms with Gasteiger partial charge >= 0.3 is 0 Å². The van der Waals surface area contributed by atoms with Crippen molar-refractivity contribution in [1.82, 2.24) is 0 Å². The molecule has 31 heavy (non-hydrogen) atoms. The summed E-state index contributed by atoms with van der Waals surface area (Å²) in [5.74, 6) is -0.239. The van der Waals surface area contributed by atoms with E-state index in [1.807, 2.05) is 32.0 Å². The number of anilines is 2. The summed E-state index contributed by atoms with van der Waals surface area (Å²) in [4.78, 5) is 13.0. The van der Waals surface area contributed by atoms with Gasteiger partial charge < -0.3 is 5.32 Å². The van der Waals surface area contributed by atoms with Crippen LogP contribution in [0.15, 0.2) is 90.3 Å². The Kier molecular flexibility index (Phi) is 6.92. The van der Waals surface area contributed by atoms with Crippen LogP contribution in [0.5, 0.6) is 0 Å². The molecule has 0 aromatic heterocycles. The predicted octanol–water partition coefficient (Wildman–Crippen LogP) is 5.19. The molecular weight excluding hydrogens is 408 g/mol. The van der Waals surface area contributed by atoms with Crippen molar-refractivity contribution < 1.29 is 13.2 Å². The molecule has 3 aromatic carbocycles. The number of rotatable bonds is 8. The molecule has 0 atom stereocenters. The third-order valence-electron chi connectivity index (χ3n) is 5.02. The number of sulfonamides is 1. The average Bonchev–Trinajstić information content (AvgIpc) is 2.79. The number of benzene rings is 3. The normalized spacial score (nSPS) is 11.0. The van der Waals surface area contributed by atoms with Crippen LogP contribution in [-0.2, 0) is 16.4 Å². The summed E-state index contributed by atoms with van der Waals surface area (Å²) >= 11 is 0. The van der Waals surface area contributed by atoms with Crippen molar-refractivity contribution in [3.8, 4) is 0 Å². The lowest BCUT2D eigenvalue weighted by molar-refractivity contribution is 0.102. The van der Waals surface area contributed by atoms with Crippen LogP contribution in [0.25, 0.3) is 0 Å². The van der Waals surface area contributed by atoms with E-state index in [1.54, 1.807) is 54.6 Å². The third kappa shape index (κ3) is 4.86. The summed E-state index contributed by atoms with van der Waals surface area (Å²) in [5.41, 5.74) is 3.79. The van der Waals surface area contributed by atoms with Gasteiger partial charge in [-0.1, -0.05) is 49.4 Å². The van der Waals surface area contributed by atoms with E-state index in [9.17, 15) is 13.2 Å². The van der Waals surface area contributed by atoms with E-state index < -0.39 is 10.0 Å². The van der Waals surface area contributed by atoms with Crippen molar-refractivity contribution in [1.29, 1.82) is 0 Å². The van der Waals surface area contributed by atoms with Crippen molar-refractivity contribution in [3.63, 3.8) is 0 Å². The number of nitrogens with zero attached hydrogens (tertiary/aromatic N) is 1.